The average Bonchev–Trinajstić information content (AvgIpc) is 1.88. The maximum atomic E-state index is 10.6. The summed E-state index contributed by atoms with van der Waals surface area (Å²) in [5, 5.41) is 0. The van der Waals surface area contributed by atoms with Gasteiger partial charge < -0.3 is 0 Å². The van der Waals surface area contributed by atoms with Crippen molar-refractivity contribution in [2.45, 2.75) is 0 Å². The van der Waals surface area contributed by atoms with Gasteiger partial charge in [-0.15, -0.1) is 0 Å². The van der Waals surface area contributed by atoms with Gasteiger partial charge in [-0.3, -0.25) is 4.21 Å². The Balaban J connectivity index is 2.98. The van der Waals surface area contributed by atoms with E-state index in [1.807, 2.05) is 12.1 Å². The van der Waals surface area contributed by atoms with Crippen LogP contribution >= 0.6 is 0 Å². The molecule has 0 heterocycles. The van der Waals surface area contributed by atoms with Crippen LogP contribution in [0.15, 0.2) is 28.6 Å². The number of benzene rings is 1. The summed E-state index contributed by atoms with van der Waals surface area (Å²) in [5.41, 5.74) is 0.658. The first-order chi connectivity index (χ1) is 4.79. The van der Waals surface area contributed by atoms with Crippen LogP contribution in [0.3, 0.4) is 0 Å². The first-order valence-corrected chi connectivity index (χ1v) is 4.54. The minimum Gasteiger partial charge on any atom is -0.253 e. The van der Waals surface area contributed by atoms with E-state index in [1.54, 1.807) is 18.4 Å². The van der Waals surface area contributed by atoms with E-state index in [0.717, 1.165) is 0 Å². The van der Waals surface area contributed by atoms with Crippen molar-refractivity contribution in [1.29, 1.82) is 0 Å². The monoisotopic (exact) mass is 154 g/mol. The first kappa shape index (κ1) is 7.28. The van der Waals surface area contributed by atoms with Gasteiger partial charge in [0.25, 0.3) is 0 Å². The van der Waals surface area contributed by atoms with Crippen LogP contribution < -0.4 is 0 Å². The van der Waals surface area contributed by atoms with E-state index in [1.165, 1.54) is 0 Å². The molecule has 53 valence electrons. The molecule has 1 radical (unpaired) electrons. The average molecular weight is 154 g/mol. The lowest BCUT2D eigenvalue weighted by Gasteiger charge is -1.86. The summed E-state index contributed by atoms with van der Waals surface area (Å²) < 4.78 is 14.4. The van der Waals surface area contributed by atoms with E-state index >= 15 is 0 Å². The van der Waals surface area contributed by atoms with E-state index in [-0.39, 0.29) is 0 Å². The van der Waals surface area contributed by atoms with Gasteiger partial charge in [0.1, 0.15) is 0 Å². The summed E-state index contributed by atoms with van der Waals surface area (Å²) in [6, 6.07) is 10.1. The van der Waals surface area contributed by atoms with Crippen molar-refractivity contribution in [3.05, 3.63) is 30.3 Å². The summed E-state index contributed by atoms with van der Waals surface area (Å²) in [6.07, 6.45) is 1.57. The minimum atomic E-state index is -1.43. The summed E-state index contributed by atoms with van der Waals surface area (Å²) in [6.45, 7) is 0. The smallest absolute Gasteiger partial charge is 0.0806 e. The normalized spacial score (nSPS) is 13.3. The van der Waals surface area contributed by atoms with Gasteiger partial charge in [0.05, 0.1) is 5.69 Å². The fraction of sp³-hybridized carbons (Fsp3) is 0.143. The Labute approximate surface area is 62.1 Å². The molecule has 0 aliphatic carbocycles. The molecule has 0 bridgehead atoms. The highest BCUT2D eigenvalue weighted by atomic mass is 32.2. The molecule has 1 rings (SSSR count). The lowest BCUT2D eigenvalue weighted by molar-refractivity contribution is 0.692. The fourth-order valence-corrected chi connectivity index (χ4v) is 1.03. The van der Waals surface area contributed by atoms with Gasteiger partial charge in [-0.2, -0.15) is 0 Å². The number of rotatable bonds is 1. The van der Waals surface area contributed by atoms with Gasteiger partial charge in [0, 0.05) is 22.9 Å². The molecule has 0 aromatic heterocycles. The van der Waals surface area contributed by atoms with Gasteiger partial charge in [-0.25, -0.2) is 4.36 Å². The van der Waals surface area contributed by atoms with Gasteiger partial charge >= 0.3 is 0 Å². The zero-order valence-electron chi connectivity index (χ0n) is 5.61. The SMILES string of the molecule is C/[SH](=O)=N/c1[c]cccc1. The highest BCUT2D eigenvalue weighted by molar-refractivity contribution is 7.74. The summed E-state index contributed by atoms with van der Waals surface area (Å²) in [4.78, 5) is 0. The van der Waals surface area contributed by atoms with Crippen LogP contribution in [0.4, 0.5) is 5.69 Å². The standard InChI is InChI=1S/C7H8NOS/c1-10(9)8-7-5-3-2-4-6-7/h2-5,10H,1H3. The van der Waals surface area contributed by atoms with Crippen LogP contribution in [0.5, 0.6) is 0 Å². The Kier molecular flexibility index (Phi) is 2.45. The number of thiol groups is 1. The Morgan fingerprint density at radius 1 is 1.60 bits per heavy atom. The lowest BCUT2D eigenvalue weighted by Crippen LogP contribution is -1.66. The van der Waals surface area contributed by atoms with E-state index < -0.39 is 10.6 Å². The Hall–Kier alpha value is -0.830. The molecule has 0 amide bonds. The molecule has 0 fully saturated rings. The van der Waals surface area contributed by atoms with E-state index in [9.17, 15) is 4.21 Å². The van der Waals surface area contributed by atoms with Crippen molar-refractivity contribution in [3.63, 3.8) is 0 Å². The van der Waals surface area contributed by atoms with Crippen molar-refractivity contribution in [3.8, 4) is 0 Å². The van der Waals surface area contributed by atoms with Crippen molar-refractivity contribution >= 4 is 16.3 Å². The number of hydrogen-bond acceptors (Lipinski definition) is 2. The number of hydrogen-bond donors (Lipinski definition) is 1. The molecule has 0 spiro atoms. The van der Waals surface area contributed by atoms with Crippen LogP contribution in [-0.4, -0.2) is 10.5 Å². The van der Waals surface area contributed by atoms with Crippen LogP contribution in [0.1, 0.15) is 0 Å². The molecule has 2 nitrogen and oxygen atoms in total. The zero-order chi connectivity index (χ0) is 7.40. The van der Waals surface area contributed by atoms with E-state index in [0.29, 0.717) is 5.69 Å². The molecular formula is C7H8NOS. The first-order valence-electron chi connectivity index (χ1n) is 2.88. The molecule has 0 saturated heterocycles. The molecule has 1 unspecified atom stereocenters. The van der Waals surface area contributed by atoms with Gasteiger partial charge in [-0.1, -0.05) is 18.2 Å². The fourth-order valence-electron chi connectivity index (χ4n) is 0.598. The van der Waals surface area contributed by atoms with Crippen LogP contribution in [0.25, 0.3) is 0 Å². The third kappa shape index (κ3) is 2.19. The quantitative estimate of drug-likeness (QED) is 0.609. The predicted molar refractivity (Wildman–Crippen MR) is 42.8 cm³/mol. The molecule has 10 heavy (non-hydrogen) atoms. The highest BCUT2D eigenvalue weighted by Crippen LogP contribution is 2.07. The minimum absolute atomic E-state index is 0.658. The molecule has 3 heteroatoms. The molecule has 0 saturated carbocycles. The van der Waals surface area contributed by atoms with Crippen LogP contribution in [-0.2, 0) is 10.6 Å². The highest BCUT2D eigenvalue weighted by Gasteiger charge is 1.82. The van der Waals surface area contributed by atoms with Crippen molar-refractivity contribution < 1.29 is 4.21 Å². The maximum absolute atomic E-state index is 10.6. The second-order valence-corrected chi connectivity index (χ2v) is 2.94. The number of para-hydroxylation sites is 1. The summed E-state index contributed by atoms with van der Waals surface area (Å²) in [7, 11) is -1.43. The Morgan fingerprint density at radius 3 is 2.90 bits per heavy atom. The van der Waals surface area contributed by atoms with Gasteiger partial charge in [-0.05, 0) is 6.07 Å². The largest absolute Gasteiger partial charge is 0.253 e. The van der Waals surface area contributed by atoms with Gasteiger partial charge in [0.15, 0.2) is 0 Å². The van der Waals surface area contributed by atoms with E-state index in [4.69, 9.17) is 0 Å². The van der Waals surface area contributed by atoms with Crippen molar-refractivity contribution in [2.24, 2.45) is 4.36 Å². The Morgan fingerprint density at radius 2 is 2.40 bits per heavy atom. The third-order valence-corrected chi connectivity index (χ3v) is 1.44. The van der Waals surface area contributed by atoms with Crippen LogP contribution in [0, 0.1) is 6.07 Å². The van der Waals surface area contributed by atoms with Crippen molar-refractivity contribution in [1.82, 2.24) is 0 Å². The summed E-state index contributed by atoms with van der Waals surface area (Å²) >= 11 is 0. The second-order valence-electron chi connectivity index (χ2n) is 1.81. The van der Waals surface area contributed by atoms with Crippen LogP contribution in [0.2, 0.25) is 0 Å². The lowest BCUT2D eigenvalue weighted by atomic mass is 10.3. The maximum Gasteiger partial charge on any atom is 0.0806 e. The topological polar surface area (TPSA) is 29.4 Å². The predicted octanol–water partition coefficient (Wildman–Crippen LogP) is 1.41. The molecule has 0 aliphatic heterocycles. The number of nitrogens with zero attached hydrogens (tertiary/aromatic N) is 1. The zero-order valence-corrected chi connectivity index (χ0v) is 6.51. The molecule has 1 atom stereocenters. The summed E-state index contributed by atoms with van der Waals surface area (Å²) in [5.74, 6) is 0. The molecule has 1 aromatic rings. The van der Waals surface area contributed by atoms with E-state index in [2.05, 4.69) is 10.4 Å². The second kappa shape index (κ2) is 3.37. The molecule has 0 N–H and O–H groups in total. The van der Waals surface area contributed by atoms with Gasteiger partial charge in [0.2, 0.25) is 0 Å². The molecular weight excluding hydrogens is 146 g/mol. The van der Waals surface area contributed by atoms with Crippen molar-refractivity contribution in [2.75, 3.05) is 6.26 Å². The Bertz CT molecular complexity index is 275. The molecule has 1 aromatic carbocycles. The third-order valence-electron chi connectivity index (χ3n) is 0.941. The molecule has 0 aliphatic rings.